The van der Waals surface area contributed by atoms with E-state index in [4.69, 9.17) is 61.6 Å². The molecule has 0 amide bonds. The summed E-state index contributed by atoms with van der Waals surface area (Å²) in [6.45, 7) is 64.5. The lowest BCUT2D eigenvalue weighted by Gasteiger charge is -2.10. The minimum atomic E-state index is -0.751. The Kier molecular flexibility index (Phi) is 86.8. The first-order valence-electron chi connectivity index (χ1n) is 38.5. The zero-order chi connectivity index (χ0) is 89.5. The summed E-state index contributed by atoms with van der Waals surface area (Å²) in [5.74, 6) is -4.27. The van der Waals surface area contributed by atoms with Crippen LogP contribution in [0, 0.1) is 0 Å². The number of esters is 12. The maximum absolute atomic E-state index is 11.3. The highest BCUT2D eigenvalue weighted by Gasteiger charge is 2.15. The van der Waals surface area contributed by atoms with Crippen LogP contribution in [0.25, 0.3) is 0 Å². The Morgan fingerprint density at radius 1 is 0.237 bits per heavy atom. The minimum Gasteiger partial charge on any atom is -0.463 e. The van der Waals surface area contributed by atoms with Gasteiger partial charge in [-0.25, -0.2) is 47.9 Å². The molecule has 0 rings (SSSR count). The molecule has 0 aliphatic rings. The van der Waals surface area contributed by atoms with Gasteiger partial charge in [0.05, 0.1) is 63.1 Å². The quantitative estimate of drug-likeness (QED) is 0.0236. The van der Waals surface area contributed by atoms with Crippen LogP contribution in [0.3, 0.4) is 0 Å². The second-order valence-corrected chi connectivity index (χ2v) is 25.0. The van der Waals surface area contributed by atoms with Crippen molar-refractivity contribution in [2.24, 2.45) is 0 Å². The molecular weight excluding hydrogens is 1490 g/mol. The summed E-state index contributed by atoms with van der Waals surface area (Å²) in [5, 5.41) is 0. The van der Waals surface area contributed by atoms with Crippen molar-refractivity contribution in [3.8, 4) is 0 Å². The van der Waals surface area contributed by atoms with E-state index in [1.54, 1.807) is 41.5 Å². The Morgan fingerprint density at radius 3 is 0.711 bits per heavy atom. The molecule has 0 aliphatic carbocycles. The predicted molar refractivity (Wildman–Crippen MR) is 431 cm³/mol. The number of hydrogen-bond donors (Lipinski definition) is 0. The molecule has 0 N–H and O–H groups in total. The lowest BCUT2D eigenvalue weighted by atomic mass is 10.2. The van der Waals surface area contributed by atoms with Gasteiger partial charge in [0.1, 0.15) is 38.6 Å². The molecule has 0 spiro atoms. The lowest BCUT2D eigenvalue weighted by Crippen LogP contribution is -2.18. The molecule has 30 nitrogen and oxygen atoms in total. The van der Waals surface area contributed by atoms with Crippen LogP contribution in [0.1, 0.15) is 254 Å². The monoisotopic (exact) mass is 1630 g/mol. The molecule has 0 heterocycles. The molecule has 0 saturated heterocycles. The van der Waals surface area contributed by atoms with Gasteiger partial charge in [0.25, 0.3) is 0 Å². The smallest absolute Gasteiger partial charge is 0.463 e. The first-order chi connectivity index (χ1) is 53.5. The number of unbranched alkanes of at least 4 members (excludes halogenated alkanes) is 2. The highest BCUT2D eigenvalue weighted by molar-refractivity contribution is 5.88. The van der Waals surface area contributed by atoms with Crippen molar-refractivity contribution in [3.05, 3.63) is 99.2 Å². The Bertz CT molecular complexity index is 2710. The van der Waals surface area contributed by atoms with Gasteiger partial charge in [0.2, 0.25) is 0 Å². The zero-order valence-electron chi connectivity index (χ0n) is 72.2. The van der Waals surface area contributed by atoms with E-state index in [0.717, 1.165) is 69.6 Å². The van der Waals surface area contributed by atoms with Crippen LogP contribution in [0.15, 0.2) is 99.2 Å². The van der Waals surface area contributed by atoms with Gasteiger partial charge in [-0.05, 0) is 173 Å². The lowest BCUT2D eigenvalue weighted by molar-refractivity contribution is -0.150. The van der Waals surface area contributed by atoms with E-state index in [1.165, 1.54) is 6.08 Å². The van der Waals surface area contributed by atoms with Crippen LogP contribution >= 0.6 is 0 Å². The molecule has 0 aromatic carbocycles. The largest absolute Gasteiger partial charge is 0.508 e. The second-order valence-electron chi connectivity index (χ2n) is 25.0. The SMILES string of the molecule is C=C(C)C(=O)OC(C)CC.C=C(C)C(=O)OCCCC(=O)OC(C)CC.C=C(C)C(=O)OCCCCC(=O)OC(C)CC.C=C(C)C(=O)OCCOC(=O)OC(C)CC.C=CC(=O)OC(C)CC.C=CC(=O)OCCCC(=O)OC(C)CC.C=CC(=O)OCCCCC(=O)OC(C)CC.C=CC(=O)OCCOC(=O)OC(C)CC. The van der Waals surface area contributed by atoms with Gasteiger partial charge in [0, 0.05) is 72.3 Å². The number of carbonyl (C=O) groups is 14. The van der Waals surface area contributed by atoms with Gasteiger partial charge in [-0.1, -0.05) is 108 Å². The van der Waals surface area contributed by atoms with Crippen LogP contribution in [0.4, 0.5) is 9.59 Å². The van der Waals surface area contributed by atoms with Crippen molar-refractivity contribution in [1.29, 1.82) is 0 Å². The molecule has 8 unspecified atom stereocenters. The predicted octanol–water partition coefficient (Wildman–Crippen LogP) is 16.1. The normalized spacial score (nSPS) is 11.7. The molecule has 656 valence electrons. The third kappa shape index (κ3) is 92.7. The molecule has 0 fully saturated rings. The van der Waals surface area contributed by atoms with E-state index in [-0.39, 0.29) is 143 Å². The van der Waals surface area contributed by atoms with Crippen LogP contribution in [0.2, 0.25) is 0 Å². The average molecular weight is 1630 g/mol. The molecule has 114 heavy (non-hydrogen) atoms. The fourth-order valence-electron chi connectivity index (χ4n) is 5.65. The summed E-state index contributed by atoms with van der Waals surface area (Å²) < 4.78 is 77.5. The Morgan fingerprint density at radius 2 is 0.439 bits per heavy atom. The molecule has 0 aromatic rings. The van der Waals surface area contributed by atoms with Crippen molar-refractivity contribution < 1.29 is 143 Å². The van der Waals surface area contributed by atoms with Gasteiger partial charge < -0.3 is 75.8 Å². The maximum atomic E-state index is 11.3. The van der Waals surface area contributed by atoms with Crippen molar-refractivity contribution in [3.63, 3.8) is 0 Å². The second kappa shape index (κ2) is 82.6. The summed E-state index contributed by atoms with van der Waals surface area (Å²) in [4.78, 5) is 153. The van der Waals surface area contributed by atoms with Gasteiger partial charge in [-0.2, -0.15) is 0 Å². The highest BCUT2D eigenvalue weighted by Crippen LogP contribution is 2.09. The molecule has 8 atom stereocenters. The first-order valence-corrected chi connectivity index (χ1v) is 38.5. The number of rotatable bonds is 48. The van der Waals surface area contributed by atoms with Gasteiger partial charge >= 0.3 is 83.9 Å². The fraction of sp³-hybridized carbons (Fsp3) is 0.643. The fourth-order valence-corrected chi connectivity index (χ4v) is 5.65. The molecular formula is C84H140O30. The van der Waals surface area contributed by atoms with Crippen molar-refractivity contribution >= 4 is 83.9 Å². The average Bonchev–Trinajstić information content (AvgIpc) is 0.992. The summed E-state index contributed by atoms with van der Waals surface area (Å²) in [5.41, 5.74) is 1.52. The van der Waals surface area contributed by atoms with E-state index < -0.39 is 42.2 Å². The summed E-state index contributed by atoms with van der Waals surface area (Å²) in [6.07, 6.45) is 13.7. The van der Waals surface area contributed by atoms with Crippen LogP contribution < -0.4 is 0 Å². The molecule has 30 heteroatoms. The Balaban J connectivity index is -0.000000189. The highest BCUT2D eigenvalue weighted by atomic mass is 16.7. The van der Waals surface area contributed by atoms with E-state index in [1.807, 2.05) is 96.9 Å². The zero-order valence-corrected chi connectivity index (χ0v) is 72.2. The van der Waals surface area contributed by atoms with Crippen molar-refractivity contribution in [2.45, 2.75) is 303 Å². The molecule has 0 bridgehead atoms. The molecule has 0 saturated carbocycles. The number of carbonyl (C=O) groups excluding carboxylic acids is 14. The summed E-state index contributed by atoms with van der Waals surface area (Å²) in [7, 11) is 0. The van der Waals surface area contributed by atoms with Crippen molar-refractivity contribution in [2.75, 3.05) is 52.9 Å². The minimum absolute atomic E-state index is 0.000456. The first kappa shape index (κ1) is 120. The van der Waals surface area contributed by atoms with E-state index in [9.17, 15) is 67.1 Å². The van der Waals surface area contributed by atoms with Crippen LogP contribution in [0.5, 0.6) is 0 Å². The number of hydrogen-bond acceptors (Lipinski definition) is 30. The van der Waals surface area contributed by atoms with E-state index in [0.29, 0.717) is 86.9 Å². The summed E-state index contributed by atoms with van der Waals surface area (Å²) in [6, 6.07) is 0. The molecule has 0 aromatic heterocycles. The summed E-state index contributed by atoms with van der Waals surface area (Å²) >= 11 is 0. The standard InChI is InChI=1S/C13H22O4.2C12H20O4.C11H18O5.C11H18O4.C10H16O5.C8H14O2.C7H12O2/c1-5-11(4)17-12(14)8-6-7-9-16-13(15)10(2)3;1-5-10(4)16-11(13)7-6-8-15-12(14)9(2)3;1-4-10(3)16-12(14)8-6-7-9-15-11(13)5-2;1-5-9(4)16-11(13)15-7-6-14-10(12)8(2)3;1-4-9(3)15-11(13)7-6-8-14-10(12)5-2;1-4-8(3)15-10(12)14-7-6-13-9(11)5-2;1-5-7(4)10-8(9)6(2)3;1-4-6(3)9-7(8)5-2/h11H,2,5-9H2,1,3-4H3;10H,2,5-8H2,1,3-4H3;5,10H,2,4,6-9H2,1,3H3;9H,2,5-7H2,1,3-4H3;5,9H,2,4,6-8H2,1,3H3;5,8H,2,4,6-7H2,1,3H3;7H,2,5H2,1,3-4H3;5-6H,2,4H2,1,3H3. The third-order valence-electron chi connectivity index (χ3n) is 13.9. The Hall–Kier alpha value is -9.90. The molecule has 0 aliphatic heterocycles. The maximum Gasteiger partial charge on any atom is 0.508 e. The number of ether oxygens (including phenoxy) is 16. The van der Waals surface area contributed by atoms with Crippen LogP contribution in [-0.2, 0) is 133 Å². The van der Waals surface area contributed by atoms with Crippen LogP contribution in [-0.4, -0.2) is 186 Å². The van der Waals surface area contributed by atoms with Crippen molar-refractivity contribution in [1.82, 2.24) is 0 Å². The topological polar surface area (TPSA) is 387 Å². The van der Waals surface area contributed by atoms with Gasteiger partial charge in [0.15, 0.2) is 0 Å². The van der Waals surface area contributed by atoms with Gasteiger partial charge in [-0.3, -0.25) is 19.2 Å². The van der Waals surface area contributed by atoms with Gasteiger partial charge in [-0.15, -0.1) is 0 Å². The Labute approximate surface area is 679 Å². The van der Waals surface area contributed by atoms with E-state index in [2.05, 4.69) is 66.8 Å². The van der Waals surface area contributed by atoms with E-state index >= 15 is 0 Å². The third-order valence-corrected chi connectivity index (χ3v) is 13.9. The molecule has 0 radical (unpaired) electrons.